The molecule has 4 aromatic carbocycles. The van der Waals surface area contributed by atoms with E-state index in [-0.39, 0.29) is 12.3 Å². The van der Waals surface area contributed by atoms with Crippen LogP contribution in [-0.4, -0.2) is 12.3 Å². The zero-order valence-corrected chi connectivity index (χ0v) is 19.3. The standard InChI is InChI=1S/C26H24O4P2/c27-31(25-17-9-3-10-18-25,29-23-13-5-1-6-14-23)21-22-32(28,26-19-11-4-12-20-26)30-24-15-7-2-8-16-24/h1-20H,21-22H2/t31-,32-/m1/s1. The zero-order valence-electron chi connectivity index (χ0n) is 17.5. The van der Waals surface area contributed by atoms with Crippen LogP contribution in [0.4, 0.5) is 0 Å². The molecule has 0 N–H and O–H groups in total. The summed E-state index contributed by atoms with van der Waals surface area (Å²) in [7, 11) is -6.73. The Labute approximate surface area is 188 Å². The molecule has 0 spiro atoms. The molecule has 4 aromatic rings. The molecule has 0 aromatic heterocycles. The van der Waals surface area contributed by atoms with Crippen LogP contribution < -0.4 is 19.7 Å². The maximum absolute atomic E-state index is 14.1. The quantitative estimate of drug-likeness (QED) is 0.272. The maximum atomic E-state index is 14.1. The predicted octanol–water partition coefficient (Wildman–Crippen LogP) is 6.35. The van der Waals surface area contributed by atoms with Crippen molar-refractivity contribution in [2.45, 2.75) is 0 Å². The molecule has 0 aliphatic carbocycles. The van der Waals surface area contributed by atoms with Crippen LogP contribution in [0.5, 0.6) is 11.5 Å². The van der Waals surface area contributed by atoms with Crippen LogP contribution in [0.1, 0.15) is 0 Å². The maximum Gasteiger partial charge on any atom is 0.277 e. The van der Waals surface area contributed by atoms with Gasteiger partial charge in [-0.3, -0.25) is 9.13 Å². The molecule has 0 saturated carbocycles. The lowest BCUT2D eigenvalue weighted by atomic mass is 10.3. The minimum absolute atomic E-state index is 0.0743. The number of rotatable bonds is 9. The molecule has 0 bridgehead atoms. The summed E-state index contributed by atoms with van der Waals surface area (Å²) in [6, 6.07) is 36.3. The van der Waals surface area contributed by atoms with Gasteiger partial charge >= 0.3 is 0 Å². The highest BCUT2D eigenvalue weighted by Crippen LogP contribution is 2.53. The second-order valence-electron chi connectivity index (χ2n) is 7.27. The Bertz CT molecular complexity index is 1110. The normalized spacial score (nSPS) is 14.6. The lowest BCUT2D eigenvalue weighted by Gasteiger charge is -2.24. The lowest BCUT2D eigenvalue weighted by molar-refractivity contribution is 0.483. The molecule has 0 unspecified atom stereocenters. The molecular weight excluding hydrogens is 438 g/mol. The van der Waals surface area contributed by atoms with E-state index in [1.165, 1.54) is 0 Å². The van der Waals surface area contributed by atoms with Gasteiger partial charge in [0.25, 0.3) is 14.7 Å². The van der Waals surface area contributed by atoms with Crippen LogP contribution in [0.2, 0.25) is 0 Å². The van der Waals surface area contributed by atoms with E-state index in [0.29, 0.717) is 22.1 Å². The third-order valence-corrected chi connectivity index (χ3v) is 10.1. The van der Waals surface area contributed by atoms with Crippen molar-refractivity contribution in [1.82, 2.24) is 0 Å². The molecule has 0 amide bonds. The van der Waals surface area contributed by atoms with Crippen LogP contribution in [0.3, 0.4) is 0 Å². The summed E-state index contributed by atoms with van der Waals surface area (Å²) < 4.78 is 40.3. The Morgan fingerprint density at radius 1 is 0.438 bits per heavy atom. The van der Waals surface area contributed by atoms with Crippen molar-refractivity contribution in [2.24, 2.45) is 0 Å². The summed E-state index contributed by atoms with van der Waals surface area (Å²) in [6.07, 6.45) is 0.149. The van der Waals surface area contributed by atoms with Gasteiger partial charge in [0.15, 0.2) is 0 Å². The van der Waals surface area contributed by atoms with Gasteiger partial charge in [0.05, 0.1) is 0 Å². The summed E-state index contributed by atoms with van der Waals surface area (Å²) in [5.74, 6) is 1.02. The van der Waals surface area contributed by atoms with Crippen molar-refractivity contribution in [3.63, 3.8) is 0 Å². The van der Waals surface area contributed by atoms with Gasteiger partial charge in [0.2, 0.25) is 0 Å². The van der Waals surface area contributed by atoms with Crippen molar-refractivity contribution in [1.29, 1.82) is 0 Å². The van der Waals surface area contributed by atoms with Crippen molar-refractivity contribution in [3.05, 3.63) is 121 Å². The first-order valence-electron chi connectivity index (χ1n) is 10.4. The van der Waals surface area contributed by atoms with Crippen LogP contribution in [0.25, 0.3) is 0 Å². The largest absolute Gasteiger partial charge is 0.440 e. The van der Waals surface area contributed by atoms with Crippen molar-refractivity contribution < 1.29 is 18.2 Å². The molecule has 0 radical (unpaired) electrons. The van der Waals surface area contributed by atoms with Crippen LogP contribution in [0, 0.1) is 0 Å². The van der Waals surface area contributed by atoms with Crippen molar-refractivity contribution in [3.8, 4) is 11.5 Å². The van der Waals surface area contributed by atoms with Gasteiger partial charge in [0.1, 0.15) is 11.5 Å². The van der Waals surface area contributed by atoms with E-state index in [2.05, 4.69) is 0 Å². The van der Waals surface area contributed by atoms with E-state index in [0.717, 1.165) is 0 Å². The highest BCUT2D eigenvalue weighted by molar-refractivity contribution is 7.71. The third-order valence-electron chi connectivity index (χ3n) is 4.98. The van der Waals surface area contributed by atoms with Gasteiger partial charge in [0, 0.05) is 22.9 Å². The molecule has 0 fully saturated rings. The van der Waals surface area contributed by atoms with E-state index in [1.54, 1.807) is 48.5 Å². The van der Waals surface area contributed by atoms with Gasteiger partial charge in [-0.05, 0) is 48.5 Å². The molecule has 0 saturated heterocycles. The van der Waals surface area contributed by atoms with Crippen LogP contribution >= 0.6 is 14.7 Å². The minimum Gasteiger partial charge on any atom is -0.440 e. The number of para-hydroxylation sites is 2. The lowest BCUT2D eigenvalue weighted by Crippen LogP contribution is -2.19. The Hall–Kier alpha value is -3.06. The molecule has 4 rings (SSSR count). The summed E-state index contributed by atoms with van der Waals surface area (Å²) in [5, 5.41) is 1.17. The Morgan fingerprint density at radius 3 is 1.03 bits per heavy atom. The Balaban J connectivity index is 1.67. The first-order chi connectivity index (χ1) is 15.6. The first kappa shape index (κ1) is 22.1. The number of hydrogen-bond donors (Lipinski definition) is 0. The van der Waals surface area contributed by atoms with E-state index in [9.17, 15) is 9.13 Å². The average molecular weight is 462 g/mol. The van der Waals surface area contributed by atoms with Gasteiger partial charge in [-0.2, -0.15) is 0 Å². The summed E-state index contributed by atoms with van der Waals surface area (Å²) in [4.78, 5) is 0. The zero-order chi connectivity index (χ0) is 22.3. The molecule has 4 nitrogen and oxygen atoms in total. The van der Waals surface area contributed by atoms with Gasteiger partial charge in [-0.25, -0.2) is 0 Å². The number of benzene rings is 4. The fourth-order valence-electron chi connectivity index (χ4n) is 3.33. The molecule has 0 aliphatic rings. The van der Waals surface area contributed by atoms with E-state index in [1.807, 2.05) is 72.8 Å². The smallest absolute Gasteiger partial charge is 0.277 e. The highest BCUT2D eigenvalue weighted by atomic mass is 31.2. The molecule has 6 heteroatoms. The van der Waals surface area contributed by atoms with E-state index in [4.69, 9.17) is 9.05 Å². The third kappa shape index (κ3) is 5.40. The highest BCUT2D eigenvalue weighted by Gasteiger charge is 2.35. The van der Waals surface area contributed by atoms with Gasteiger partial charge < -0.3 is 9.05 Å². The molecular formula is C26H24O4P2. The molecule has 2 atom stereocenters. The molecule has 0 heterocycles. The topological polar surface area (TPSA) is 52.6 Å². The summed E-state index contributed by atoms with van der Waals surface area (Å²) >= 11 is 0. The fourth-order valence-corrected chi connectivity index (χ4v) is 8.53. The van der Waals surface area contributed by atoms with Crippen molar-refractivity contribution >= 4 is 25.3 Å². The fraction of sp³-hybridized carbons (Fsp3) is 0.0769. The SMILES string of the molecule is O=[P@](CC[P@@](=O)(Oc1ccccc1)c1ccccc1)(Oc1ccccc1)c1ccccc1. The van der Waals surface area contributed by atoms with Crippen LogP contribution in [0.15, 0.2) is 121 Å². The molecule has 32 heavy (non-hydrogen) atoms. The first-order valence-corrected chi connectivity index (χ1v) is 14.0. The number of hydrogen-bond acceptors (Lipinski definition) is 4. The van der Waals surface area contributed by atoms with Gasteiger partial charge in [-0.1, -0.05) is 72.8 Å². The second-order valence-corrected chi connectivity index (χ2v) is 12.3. The minimum atomic E-state index is -3.37. The monoisotopic (exact) mass is 462 g/mol. The van der Waals surface area contributed by atoms with E-state index >= 15 is 0 Å². The molecule has 0 aliphatic heterocycles. The summed E-state index contributed by atoms with van der Waals surface area (Å²) in [5.41, 5.74) is 0. The Morgan fingerprint density at radius 2 is 0.719 bits per heavy atom. The average Bonchev–Trinajstić information content (AvgIpc) is 2.85. The van der Waals surface area contributed by atoms with Crippen molar-refractivity contribution in [2.75, 3.05) is 12.3 Å². The molecule has 162 valence electrons. The Kier molecular flexibility index (Phi) is 6.95. The second kappa shape index (κ2) is 10.0. The van der Waals surface area contributed by atoms with E-state index < -0.39 is 14.7 Å². The predicted molar refractivity (Wildman–Crippen MR) is 131 cm³/mol. The summed E-state index contributed by atoms with van der Waals surface area (Å²) in [6.45, 7) is 0. The van der Waals surface area contributed by atoms with Gasteiger partial charge in [-0.15, -0.1) is 0 Å². The van der Waals surface area contributed by atoms with Crippen LogP contribution in [-0.2, 0) is 9.13 Å².